The van der Waals surface area contributed by atoms with Crippen molar-refractivity contribution in [1.29, 1.82) is 0 Å². The van der Waals surface area contributed by atoms with Crippen molar-refractivity contribution in [2.24, 2.45) is 0 Å². The molecule has 2 fully saturated rings. The van der Waals surface area contributed by atoms with Gasteiger partial charge in [-0.1, -0.05) is 25.1 Å². The molecule has 0 radical (unpaired) electrons. The molecular weight excluding hydrogens is 402 g/mol. The number of fused-ring (bicyclic) bond motifs is 3. The minimum Gasteiger partial charge on any atom is -0.477 e. The second-order valence-corrected chi connectivity index (χ2v) is 9.27. The number of hydrogen-bond acceptors (Lipinski definition) is 4. The summed E-state index contributed by atoms with van der Waals surface area (Å²) in [6, 6.07) is 10.5. The molecule has 7 nitrogen and oxygen atoms in total. The van der Waals surface area contributed by atoms with Gasteiger partial charge in [0.25, 0.3) is 0 Å². The van der Waals surface area contributed by atoms with Gasteiger partial charge in [0.2, 0.25) is 0 Å². The zero-order chi connectivity index (χ0) is 22.0. The highest BCUT2D eigenvalue weighted by Gasteiger charge is 2.35. The van der Waals surface area contributed by atoms with Gasteiger partial charge in [0, 0.05) is 29.6 Å². The number of anilines is 1. The number of carboxylic acid groups (broad SMARTS) is 1. The standard InChI is InChI=1S/C25H27N5O2/c1-3-16-11-15(19-9-10-20(28-19)25(31)32)12-30(16)24-21-18-6-4-5-17(14-7-8-14)22(18)29-23(21)26-13(2)27-24/h4-6,9-10,14-16,28H,3,7-8,11-12H2,1-2H3,(H,31,32)(H,26,27,29)/t15-,16+/m0/s1. The van der Waals surface area contributed by atoms with Crippen LogP contribution in [0, 0.1) is 6.92 Å². The molecule has 1 aromatic carbocycles. The number of carbonyl (C=O) groups is 1. The molecule has 164 valence electrons. The number of aromatic carboxylic acids is 1. The SMILES string of the molecule is CC[C@@H]1C[C@H](c2ccc(C(=O)O)[nH]2)CN1c1nc(C)nc2[nH]c3c(C4CC4)cccc3c12. The fourth-order valence-corrected chi connectivity index (χ4v) is 5.44. The van der Waals surface area contributed by atoms with E-state index in [-0.39, 0.29) is 11.6 Å². The number of benzene rings is 1. The summed E-state index contributed by atoms with van der Waals surface area (Å²) in [5.41, 5.74) is 4.73. The highest BCUT2D eigenvalue weighted by molar-refractivity contribution is 6.12. The Labute approximate surface area is 185 Å². The molecule has 3 N–H and O–H groups in total. The Bertz CT molecular complexity index is 1350. The van der Waals surface area contributed by atoms with E-state index >= 15 is 0 Å². The molecule has 0 unspecified atom stereocenters. The molecule has 7 heteroatoms. The molecule has 1 aliphatic carbocycles. The zero-order valence-corrected chi connectivity index (χ0v) is 18.4. The molecule has 1 aliphatic heterocycles. The molecule has 2 aliphatic rings. The number of nitrogens with zero attached hydrogens (tertiary/aromatic N) is 3. The Hall–Kier alpha value is -3.35. The Morgan fingerprint density at radius 1 is 1.16 bits per heavy atom. The van der Waals surface area contributed by atoms with Gasteiger partial charge in [0.15, 0.2) is 0 Å². The fraction of sp³-hybridized carbons (Fsp3) is 0.400. The van der Waals surface area contributed by atoms with Crippen LogP contribution in [0.1, 0.15) is 72.0 Å². The van der Waals surface area contributed by atoms with Crippen LogP contribution in [0.25, 0.3) is 21.9 Å². The van der Waals surface area contributed by atoms with E-state index in [1.807, 2.05) is 13.0 Å². The summed E-state index contributed by atoms with van der Waals surface area (Å²) in [4.78, 5) is 30.2. The van der Waals surface area contributed by atoms with Crippen LogP contribution >= 0.6 is 0 Å². The van der Waals surface area contributed by atoms with Crippen LogP contribution in [-0.4, -0.2) is 43.6 Å². The molecule has 4 aromatic rings. The molecule has 0 bridgehead atoms. The molecule has 0 spiro atoms. The van der Waals surface area contributed by atoms with Crippen LogP contribution in [-0.2, 0) is 0 Å². The third kappa shape index (κ3) is 2.98. The van der Waals surface area contributed by atoms with E-state index in [9.17, 15) is 9.90 Å². The van der Waals surface area contributed by atoms with Gasteiger partial charge in [0.1, 0.15) is 23.0 Å². The first kappa shape index (κ1) is 19.3. The van der Waals surface area contributed by atoms with Crippen molar-refractivity contribution in [3.05, 3.63) is 53.1 Å². The van der Waals surface area contributed by atoms with Gasteiger partial charge in [-0.3, -0.25) is 0 Å². The lowest BCUT2D eigenvalue weighted by Crippen LogP contribution is -2.30. The largest absolute Gasteiger partial charge is 0.477 e. The Morgan fingerprint density at radius 3 is 2.72 bits per heavy atom. The zero-order valence-electron chi connectivity index (χ0n) is 18.4. The lowest BCUT2D eigenvalue weighted by molar-refractivity contribution is 0.0691. The number of hydrogen-bond donors (Lipinski definition) is 3. The third-order valence-electron chi connectivity index (χ3n) is 7.16. The number of H-pyrrole nitrogens is 2. The number of nitrogens with one attached hydrogen (secondary N) is 2. The number of carboxylic acids is 1. The van der Waals surface area contributed by atoms with Gasteiger partial charge >= 0.3 is 5.97 Å². The molecule has 1 saturated heterocycles. The summed E-state index contributed by atoms with van der Waals surface area (Å²) >= 11 is 0. The van der Waals surface area contributed by atoms with E-state index < -0.39 is 5.97 Å². The Balaban J connectivity index is 1.46. The predicted octanol–water partition coefficient (Wildman–Crippen LogP) is 5.10. The maximum Gasteiger partial charge on any atom is 0.352 e. The van der Waals surface area contributed by atoms with Crippen LogP contribution in [0.4, 0.5) is 5.82 Å². The monoisotopic (exact) mass is 429 g/mol. The first-order valence-corrected chi connectivity index (χ1v) is 11.5. The minimum absolute atomic E-state index is 0.241. The first-order chi connectivity index (χ1) is 15.5. The smallest absolute Gasteiger partial charge is 0.352 e. The molecule has 32 heavy (non-hydrogen) atoms. The molecule has 2 atom stereocenters. The molecular formula is C25H27N5O2. The lowest BCUT2D eigenvalue weighted by Gasteiger charge is -2.25. The second kappa shape index (κ2) is 7.08. The van der Waals surface area contributed by atoms with Crippen LogP contribution in [0.3, 0.4) is 0 Å². The number of aromatic nitrogens is 4. The fourth-order valence-electron chi connectivity index (χ4n) is 5.44. The van der Waals surface area contributed by atoms with Crippen LogP contribution in [0.15, 0.2) is 30.3 Å². The summed E-state index contributed by atoms with van der Waals surface area (Å²) < 4.78 is 0. The highest BCUT2D eigenvalue weighted by Crippen LogP contribution is 2.45. The lowest BCUT2D eigenvalue weighted by atomic mass is 10.0. The average molecular weight is 430 g/mol. The molecule has 3 aromatic heterocycles. The number of rotatable bonds is 5. The summed E-state index contributed by atoms with van der Waals surface area (Å²) in [5.74, 6) is 1.73. The van der Waals surface area contributed by atoms with Crippen molar-refractivity contribution in [2.45, 2.75) is 57.4 Å². The number of aryl methyl sites for hydroxylation is 1. The molecule has 6 rings (SSSR count). The van der Waals surface area contributed by atoms with Crippen LogP contribution in [0.2, 0.25) is 0 Å². The van der Waals surface area contributed by atoms with Gasteiger partial charge in [-0.2, -0.15) is 0 Å². The minimum atomic E-state index is -0.920. The van der Waals surface area contributed by atoms with Crippen molar-refractivity contribution >= 4 is 33.7 Å². The first-order valence-electron chi connectivity index (χ1n) is 11.5. The summed E-state index contributed by atoms with van der Waals surface area (Å²) in [6.07, 6.45) is 4.48. The number of para-hydroxylation sites is 1. The van der Waals surface area contributed by atoms with Crippen molar-refractivity contribution in [3.8, 4) is 0 Å². The topological polar surface area (TPSA) is 97.9 Å². The number of aromatic amines is 2. The molecule has 0 amide bonds. The normalized spacial score (nSPS) is 21.1. The quantitative estimate of drug-likeness (QED) is 0.410. The van der Waals surface area contributed by atoms with Gasteiger partial charge in [-0.25, -0.2) is 14.8 Å². The highest BCUT2D eigenvalue weighted by atomic mass is 16.4. The van der Waals surface area contributed by atoms with Gasteiger partial charge in [0.05, 0.1) is 10.9 Å². The van der Waals surface area contributed by atoms with Crippen molar-refractivity contribution < 1.29 is 9.90 Å². The van der Waals surface area contributed by atoms with Crippen molar-refractivity contribution in [2.75, 3.05) is 11.4 Å². The average Bonchev–Trinajstić information content (AvgIpc) is 3.20. The van der Waals surface area contributed by atoms with Crippen molar-refractivity contribution in [1.82, 2.24) is 19.9 Å². The summed E-state index contributed by atoms with van der Waals surface area (Å²) in [7, 11) is 0. The Morgan fingerprint density at radius 2 is 2.00 bits per heavy atom. The van der Waals surface area contributed by atoms with E-state index in [0.717, 1.165) is 47.8 Å². The van der Waals surface area contributed by atoms with E-state index in [1.165, 1.54) is 29.3 Å². The summed E-state index contributed by atoms with van der Waals surface area (Å²) in [6.45, 7) is 4.97. The predicted molar refractivity (Wildman–Crippen MR) is 125 cm³/mol. The van der Waals surface area contributed by atoms with Crippen molar-refractivity contribution in [3.63, 3.8) is 0 Å². The van der Waals surface area contributed by atoms with Gasteiger partial charge < -0.3 is 20.0 Å². The Kier molecular flexibility index (Phi) is 4.28. The van der Waals surface area contributed by atoms with Gasteiger partial charge in [-0.15, -0.1) is 0 Å². The second-order valence-electron chi connectivity index (χ2n) is 9.27. The van der Waals surface area contributed by atoms with E-state index in [0.29, 0.717) is 12.0 Å². The van der Waals surface area contributed by atoms with E-state index in [1.54, 1.807) is 6.07 Å². The molecule has 1 saturated carbocycles. The van der Waals surface area contributed by atoms with E-state index in [2.05, 4.69) is 40.0 Å². The maximum absolute atomic E-state index is 11.3. The van der Waals surface area contributed by atoms with Crippen LogP contribution < -0.4 is 4.90 Å². The summed E-state index contributed by atoms with van der Waals surface area (Å²) in [5, 5.41) is 11.6. The third-order valence-corrected chi connectivity index (χ3v) is 7.16. The van der Waals surface area contributed by atoms with Crippen LogP contribution in [0.5, 0.6) is 0 Å². The molecule has 4 heterocycles. The maximum atomic E-state index is 11.3. The van der Waals surface area contributed by atoms with E-state index in [4.69, 9.17) is 9.97 Å². The van der Waals surface area contributed by atoms with Gasteiger partial charge in [-0.05, 0) is 56.2 Å².